The van der Waals surface area contributed by atoms with Gasteiger partial charge in [-0.05, 0) is 24.5 Å². The first-order valence-electron chi connectivity index (χ1n) is 7.80. The van der Waals surface area contributed by atoms with Crippen LogP contribution in [0, 0.1) is 17.5 Å². The fraction of sp³-hybridized carbons (Fsp3) is 0.533. The Labute approximate surface area is 156 Å². The molecule has 3 N–H and O–H groups in total. The van der Waals surface area contributed by atoms with E-state index in [0.717, 1.165) is 6.07 Å². The molecule has 0 aliphatic carbocycles. The fourth-order valence-corrected chi connectivity index (χ4v) is 3.70. The van der Waals surface area contributed by atoms with Crippen molar-refractivity contribution in [2.75, 3.05) is 31.1 Å². The molecule has 0 spiro atoms. The molecule has 26 heavy (non-hydrogen) atoms. The Morgan fingerprint density at radius 2 is 1.73 bits per heavy atom. The number of rotatable bonds is 5. The molecule has 0 aromatic heterocycles. The van der Waals surface area contributed by atoms with Crippen molar-refractivity contribution in [3.63, 3.8) is 0 Å². The van der Waals surface area contributed by atoms with Gasteiger partial charge >= 0.3 is 6.03 Å². The molecule has 1 aliphatic heterocycles. The molecular formula is C15H21ClF3N3O3S. The topological polar surface area (TPSA) is 92.5 Å². The predicted molar refractivity (Wildman–Crippen MR) is 93.5 cm³/mol. The summed E-state index contributed by atoms with van der Waals surface area (Å²) in [5.41, 5.74) is 5.81. The number of halogens is 4. The second kappa shape index (κ2) is 9.43. The largest absolute Gasteiger partial charge is 0.338 e. The molecule has 6 nitrogen and oxygen atoms in total. The van der Waals surface area contributed by atoms with E-state index in [1.165, 1.54) is 4.90 Å². The molecule has 1 heterocycles. The van der Waals surface area contributed by atoms with Gasteiger partial charge in [-0.1, -0.05) is 0 Å². The van der Waals surface area contributed by atoms with Gasteiger partial charge in [-0.2, -0.15) is 0 Å². The van der Waals surface area contributed by atoms with Gasteiger partial charge in [-0.25, -0.2) is 26.4 Å². The van der Waals surface area contributed by atoms with E-state index in [4.69, 9.17) is 5.73 Å². The molecule has 0 saturated carbocycles. The summed E-state index contributed by atoms with van der Waals surface area (Å²) >= 11 is 0. The third-order valence-corrected chi connectivity index (χ3v) is 5.60. The summed E-state index contributed by atoms with van der Waals surface area (Å²) < 4.78 is 62.2. The summed E-state index contributed by atoms with van der Waals surface area (Å²) in [6.45, 7) is 0.481. The third kappa shape index (κ3) is 6.33. The standard InChI is InChI=1S/C15H20F3N3O3S.ClH/c16-12-9-14(18)13(17)8-10(12)7-11(19)1-2-20-15(22)21-3-5-25(23,24)6-4-21;/h8-9,11H,1-7,19H2,(H,20,22);1H/t11-;/m0./s1. The van der Waals surface area contributed by atoms with Gasteiger partial charge in [-0.3, -0.25) is 0 Å². The molecule has 1 aromatic rings. The van der Waals surface area contributed by atoms with Crippen LogP contribution in [0.15, 0.2) is 12.1 Å². The molecule has 2 rings (SSSR count). The van der Waals surface area contributed by atoms with Crippen LogP contribution in [0.1, 0.15) is 12.0 Å². The average Bonchev–Trinajstić information content (AvgIpc) is 2.52. The third-order valence-electron chi connectivity index (χ3n) is 3.99. The first-order valence-corrected chi connectivity index (χ1v) is 9.62. The number of nitrogens with two attached hydrogens (primary N) is 1. The predicted octanol–water partition coefficient (Wildman–Crippen LogP) is 1.23. The second-order valence-electron chi connectivity index (χ2n) is 5.98. The lowest BCUT2D eigenvalue weighted by atomic mass is 10.0. The molecule has 1 saturated heterocycles. The van der Waals surface area contributed by atoms with Crippen molar-refractivity contribution in [3.05, 3.63) is 35.1 Å². The van der Waals surface area contributed by atoms with Crippen LogP contribution in [-0.4, -0.2) is 56.5 Å². The second-order valence-corrected chi connectivity index (χ2v) is 8.29. The van der Waals surface area contributed by atoms with Crippen LogP contribution in [0.2, 0.25) is 0 Å². The van der Waals surface area contributed by atoms with Gasteiger partial charge in [0.2, 0.25) is 0 Å². The van der Waals surface area contributed by atoms with Crippen LogP contribution in [0.25, 0.3) is 0 Å². The van der Waals surface area contributed by atoms with E-state index in [9.17, 15) is 26.4 Å². The Hall–Kier alpha value is -1.52. The number of nitrogens with zero attached hydrogens (tertiary/aromatic N) is 1. The van der Waals surface area contributed by atoms with Crippen molar-refractivity contribution in [1.29, 1.82) is 0 Å². The Morgan fingerprint density at radius 1 is 1.15 bits per heavy atom. The monoisotopic (exact) mass is 415 g/mol. The van der Waals surface area contributed by atoms with Crippen LogP contribution in [0.4, 0.5) is 18.0 Å². The van der Waals surface area contributed by atoms with Crippen LogP contribution in [0.3, 0.4) is 0 Å². The molecule has 1 aliphatic rings. The summed E-state index contributed by atoms with van der Waals surface area (Å²) in [6.07, 6.45) is 0.303. The quantitative estimate of drug-likeness (QED) is 0.707. The number of carbonyl (C=O) groups excluding carboxylic acids is 1. The van der Waals surface area contributed by atoms with E-state index in [0.29, 0.717) is 12.5 Å². The zero-order valence-corrected chi connectivity index (χ0v) is 15.5. The van der Waals surface area contributed by atoms with Gasteiger partial charge in [0.25, 0.3) is 0 Å². The molecule has 148 valence electrons. The van der Waals surface area contributed by atoms with Gasteiger partial charge in [0.15, 0.2) is 21.5 Å². The van der Waals surface area contributed by atoms with Crippen molar-refractivity contribution in [2.24, 2.45) is 5.73 Å². The van der Waals surface area contributed by atoms with Gasteiger partial charge < -0.3 is 16.0 Å². The number of amides is 2. The number of hydrogen-bond acceptors (Lipinski definition) is 4. The molecule has 1 atom stereocenters. The zero-order valence-electron chi connectivity index (χ0n) is 13.9. The Bertz CT molecular complexity index is 735. The molecule has 2 amide bonds. The van der Waals surface area contributed by atoms with E-state index in [1.54, 1.807) is 0 Å². The maximum absolute atomic E-state index is 13.6. The minimum atomic E-state index is -3.06. The number of hydrogen-bond donors (Lipinski definition) is 2. The van der Waals surface area contributed by atoms with Gasteiger partial charge in [0.1, 0.15) is 5.82 Å². The molecule has 1 aromatic carbocycles. The van der Waals surface area contributed by atoms with E-state index >= 15 is 0 Å². The van der Waals surface area contributed by atoms with Crippen molar-refractivity contribution in [2.45, 2.75) is 18.9 Å². The Kier molecular flexibility index (Phi) is 8.16. The fourth-order valence-electron chi connectivity index (χ4n) is 2.50. The first-order chi connectivity index (χ1) is 11.7. The van der Waals surface area contributed by atoms with Crippen LogP contribution < -0.4 is 11.1 Å². The number of carbonyl (C=O) groups is 1. The highest BCUT2D eigenvalue weighted by molar-refractivity contribution is 7.91. The average molecular weight is 416 g/mol. The summed E-state index contributed by atoms with van der Waals surface area (Å²) in [7, 11) is -3.06. The van der Waals surface area contributed by atoms with Gasteiger partial charge in [0.05, 0.1) is 11.5 Å². The molecule has 0 radical (unpaired) electrons. The molecular weight excluding hydrogens is 395 g/mol. The lowest BCUT2D eigenvalue weighted by Crippen LogP contribution is -2.48. The number of urea groups is 1. The maximum atomic E-state index is 13.6. The number of nitrogens with one attached hydrogen (secondary N) is 1. The molecule has 0 unspecified atom stereocenters. The minimum Gasteiger partial charge on any atom is -0.338 e. The highest BCUT2D eigenvalue weighted by atomic mass is 35.5. The highest BCUT2D eigenvalue weighted by Gasteiger charge is 2.24. The van der Waals surface area contributed by atoms with E-state index in [2.05, 4.69) is 5.32 Å². The van der Waals surface area contributed by atoms with Crippen molar-refractivity contribution in [3.8, 4) is 0 Å². The number of sulfone groups is 1. The summed E-state index contributed by atoms with van der Waals surface area (Å²) in [5, 5.41) is 2.62. The van der Waals surface area contributed by atoms with Crippen molar-refractivity contribution < 1.29 is 26.4 Å². The van der Waals surface area contributed by atoms with E-state index < -0.39 is 33.3 Å². The lowest BCUT2D eigenvalue weighted by Gasteiger charge is -2.27. The molecule has 1 fully saturated rings. The minimum absolute atomic E-state index is 0. The lowest BCUT2D eigenvalue weighted by molar-refractivity contribution is 0.202. The van der Waals surface area contributed by atoms with Crippen LogP contribution >= 0.6 is 12.4 Å². The summed E-state index contributed by atoms with van der Waals surface area (Å²) in [4.78, 5) is 13.3. The normalized spacial score (nSPS) is 17.3. The van der Waals surface area contributed by atoms with Crippen molar-refractivity contribution in [1.82, 2.24) is 10.2 Å². The molecule has 0 bridgehead atoms. The van der Waals surface area contributed by atoms with Crippen LogP contribution in [-0.2, 0) is 16.3 Å². The highest BCUT2D eigenvalue weighted by Crippen LogP contribution is 2.15. The zero-order chi connectivity index (χ0) is 18.6. The van der Waals surface area contributed by atoms with Gasteiger partial charge in [-0.15, -0.1) is 12.4 Å². The van der Waals surface area contributed by atoms with E-state index in [1.807, 2.05) is 0 Å². The van der Waals surface area contributed by atoms with Crippen LogP contribution in [0.5, 0.6) is 0 Å². The number of benzene rings is 1. The SMILES string of the molecule is Cl.N[C@@H](CCNC(=O)N1CCS(=O)(=O)CC1)Cc1cc(F)c(F)cc1F. The van der Waals surface area contributed by atoms with Crippen molar-refractivity contribution >= 4 is 28.3 Å². The Morgan fingerprint density at radius 3 is 2.35 bits per heavy atom. The first kappa shape index (κ1) is 22.5. The van der Waals surface area contributed by atoms with E-state index in [-0.39, 0.29) is 61.6 Å². The Balaban J connectivity index is 0.00000338. The smallest absolute Gasteiger partial charge is 0.317 e. The van der Waals surface area contributed by atoms with Gasteiger partial charge in [0, 0.05) is 31.7 Å². The molecule has 11 heteroatoms. The maximum Gasteiger partial charge on any atom is 0.317 e. The summed E-state index contributed by atoms with van der Waals surface area (Å²) in [5.74, 6) is -3.39. The summed E-state index contributed by atoms with van der Waals surface area (Å²) in [6, 6.07) is 0.309.